The lowest BCUT2D eigenvalue weighted by atomic mass is 10.1. The van der Waals surface area contributed by atoms with E-state index >= 15 is 0 Å². The van der Waals surface area contributed by atoms with Gasteiger partial charge in [-0.15, -0.1) is 0 Å². The summed E-state index contributed by atoms with van der Waals surface area (Å²) in [4.78, 5) is 0. The van der Waals surface area contributed by atoms with E-state index in [1.165, 1.54) is 0 Å². The summed E-state index contributed by atoms with van der Waals surface area (Å²) in [6.45, 7) is 0. The lowest BCUT2D eigenvalue weighted by molar-refractivity contribution is 0.317. The molecule has 0 aliphatic carbocycles. The second-order valence-corrected chi connectivity index (χ2v) is 2.94. The molecule has 0 aliphatic heterocycles. The molecule has 0 amide bonds. The van der Waals surface area contributed by atoms with Crippen LogP contribution in [-0.2, 0) is 6.42 Å². The number of nitrogens with two attached hydrogens (primary N) is 1. The minimum absolute atomic E-state index is 0.251. The average molecular weight is 194 g/mol. The summed E-state index contributed by atoms with van der Waals surface area (Å²) in [7, 11) is 1.63. The van der Waals surface area contributed by atoms with E-state index in [0.717, 1.165) is 17.7 Å². The number of aryl methyl sites for hydroxylation is 1. The predicted molar refractivity (Wildman–Crippen MR) is 54.7 cm³/mol. The lowest BCUT2D eigenvalue weighted by Gasteiger charge is -2.02. The Labute approximate surface area is 83.0 Å². The Morgan fingerprint density at radius 2 is 2.07 bits per heavy atom. The molecule has 0 saturated heterocycles. The lowest BCUT2D eigenvalue weighted by Crippen LogP contribution is -2.12. The Morgan fingerprint density at radius 1 is 1.43 bits per heavy atom. The second-order valence-electron chi connectivity index (χ2n) is 2.94. The van der Waals surface area contributed by atoms with Crippen LogP contribution in [0.15, 0.2) is 29.4 Å². The average Bonchev–Trinajstić information content (AvgIpc) is 2.26. The first-order valence-corrected chi connectivity index (χ1v) is 4.35. The molecule has 1 aromatic carbocycles. The summed E-state index contributed by atoms with van der Waals surface area (Å²) in [5, 5.41) is 11.2. The fraction of sp³-hybridized carbons (Fsp3) is 0.300. The number of methoxy groups -OCH3 is 1. The van der Waals surface area contributed by atoms with Crippen molar-refractivity contribution in [3.63, 3.8) is 0 Å². The molecular formula is C10H14N2O2. The van der Waals surface area contributed by atoms with Crippen LogP contribution in [0, 0.1) is 0 Å². The Kier molecular flexibility index (Phi) is 3.79. The zero-order valence-electron chi connectivity index (χ0n) is 8.10. The molecule has 0 aromatic heterocycles. The number of nitrogens with zero attached hydrogens (tertiary/aromatic N) is 1. The fourth-order valence-corrected chi connectivity index (χ4v) is 1.11. The van der Waals surface area contributed by atoms with E-state index in [-0.39, 0.29) is 5.84 Å². The van der Waals surface area contributed by atoms with Gasteiger partial charge in [0.15, 0.2) is 0 Å². The van der Waals surface area contributed by atoms with Crippen molar-refractivity contribution in [1.29, 1.82) is 0 Å². The molecule has 3 N–H and O–H groups in total. The number of rotatable bonds is 4. The third kappa shape index (κ3) is 2.97. The minimum Gasteiger partial charge on any atom is -0.497 e. The van der Waals surface area contributed by atoms with Crippen molar-refractivity contribution in [3.8, 4) is 5.75 Å². The molecule has 4 nitrogen and oxygen atoms in total. The number of ether oxygens (including phenoxy) is 1. The minimum atomic E-state index is 0.251. The number of hydrogen-bond donors (Lipinski definition) is 2. The summed E-state index contributed by atoms with van der Waals surface area (Å²) in [6.07, 6.45) is 1.32. The van der Waals surface area contributed by atoms with E-state index < -0.39 is 0 Å². The van der Waals surface area contributed by atoms with Crippen molar-refractivity contribution >= 4 is 5.84 Å². The molecule has 0 unspecified atom stereocenters. The van der Waals surface area contributed by atoms with Crippen molar-refractivity contribution in [2.75, 3.05) is 7.11 Å². The monoisotopic (exact) mass is 194 g/mol. The van der Waals surface area contributed by atoms with Crippen LogP contribution >= 0.6 is 0 Å². The van der Waals surface area contributed by atoms with Crippen LogP contribution in [0.4, 0.5) is 0 Å². The Balaban J connectivity index is 2.52. The zero-order chi connectivity index (χ0) is 10.4. The van der Waals surface area contributed by atoms with E-state index in [0.29, 0.717) is 6.42 Å². The molecule has 0 radical (unpaired) electrons. The van der Waals surface area contributed by atoms with E-state index in [4.69, 9.17) is 15.7 Å². The van der Waals surface area contributed by atoms with Gasteiger partial charge in [0, 0.05) is 6.42 Å². The number of amidine groups is 1. The molecule has 1 rings (SSSR count). The first-order valence-electron chi connectivity index (χ1n) is 4.35. The van der Waals surface area contributed by atoms with E-state index in [1.54, 1.807) is 7.11 Å². The van der Waals surface area contributed by atoms with Gasteiger partial charge in [-0.25, -0.2) is 0 Å². The van der Waals surface area contributed by atoms with Gasteiger partial charge in [0.05, 0.1) is 7.11 Å². The third-order valence-corrected chi connectivity index (χ3v) is 1.96. The summed E-state index contributed by atoms with van der Waals surface area (Å²) in [5.74, 6) is 1.08. The molecule has 0 heterocycles. The van der Waals surface area contributed by atoms with Crippen LogP contribution in [0.5, 0.6) is 5.75 Å². The highest BCUT2D eigenvalue weighted by molar-refractivity contribution is 5.79. The molecule has 1 aromatic rings. The normalized spacial score (nSPS) is 11.4. The highest BCUT2D eigenvalue weighted by Gasteiger charge is 1.97. The smallest absolute Gasteiger partial charge is 0.139 e. The highest BCUT2D eigenvalue weighted by atomic mass is 16.5. The SMILES string of the molecule is COc1ccc(CCC(N)=NO)cc1. The molecular weight excluding hydrogens is 180 g/mol. The van der Waals surface area contributed by atoms with Crippen LogP contribution in [0.25, 0.3) is 0 Å². The van der Waals surface area contributed by atoms with Crippen molar-refractivity contribution in [1.82, 2.24) is 0 Å². The third-order valence-electron chi connectivity index (χ3n) is 1.96. The van der Waals surface area contributed by atoms with E-state index in [1.807, 2.05) is 24.3 Å². The van der Waals surface area contributed by atoms with Gasteiger partial charge >= 0.3 is 0 Å². The van der Waals surface area contributed by atoms with Crippen molar-refractivity contribution in [3.05, 3.63) is 29.8 Å². The van der Waals surface area contributed by atoms with Crippen LogP contribution in [-0.4, -0.2) is 18.2 Å². The molecule has 0 fully saturated rings. The van der Waals surface area contributed by atoms with Gasteiger partial charge in [-0.05, 0) is 24.1 Å². The molecule has 0 aliphatic rings. The quantitative estimate of drug-likeness (QED) is 0.329. The van der Waals surface area contributed by atoms with Gasteiger partial charge in [0.2, 0.25) is 0 Å². The first kappa shape index (κ1) is 10.4. The van der Waals surface area contributed by atoms with E-state index in [2.05, 4.69) is 5.16 Å². The van der Waals surface area contributed by atoms with Crippen molar-refractivity contribution in [2.45, 2.75) is 12.8 Å². The van der Waals surface area contributed by atoms with Gasteiger partial charge in [-0.3, -0.25) is 0 Å². The van der Waals surface area contributed by atoms with Crippen LogP contribution in [0.1, 0.15) is 12.0 Å². The zero-order valence-corrected chi connectivity index (χ0v) is 8.10. The maximum Gasteiger partial charge on any atom is 0.139 e. The maximum absolute atomic E-state index is 8.34. The molecule has 14 heavy (non-hydrogen) atoms. The molecule has 76 valence electrons. The summed E-state index contributed by atoms with van der Waals surface area (Å²) < 4.78 is 5.03. The van der Waals surface area contributed by atoms with Crippen molar-refractivity contribution < 1.29 is 9.94 Å². The molecule has 4 heteroatoms. The Morgan fingerprint density at radius 3 is 2.57 bits per heavy atom. The number of benzene rings is 1. The highest BCUT2D eigenvalue weighted by Crippen LogP contribution is 2.12. The standard InChI is InChI=1S/C10H14N2O2/c1-14-9-5-2-8(3-6-9)4-7-10(11)12-13/h2-3,5-6,13H,4,7H2,1H3,(H2,11,12). The summed E-state index contributed by atoms with van der Waals surface area (Å²) in [6, 6.07) is 7.70. The first-order chi connectivity index (χ1) is 6.76. The van der Waals surface area contributed by atoms with Gasteiger partial charge in [-0.2, -0.15) is 0 Å². The van der Waals surface area contributed by atoms with Crippen LogP contribution < -0.4 is 10.5 Å². The second kappa shape index (κ2) is 5.11. The maximum atomic E-state index is 8.34. The molecule has 0 bridgehead atoms. The van der Waals surface area contributed by atoms with Gasteiger partial charge < -0.3 is 15.7 Å². The Bertz CT molecular complexity index is 306. The molecule has 0 spiro atoms. The summed E-state index contributed by atoms with van der Waals surface area (Å²) in [5.41, 5.74) is 6.49. The predicted octanol–water partition coefficient (Wildman–Crippen LogP) is 1.37. The summed E-state index contributed by atoms with van der Waals surface area (Å²) >= 11 is 0. The topological polar surface area (TPSA) is 67.8 Å². The number of hydrogen-bond acceptors (Lipinski definition) is 3. The van der Waals surface area contributed by atoms with Crippen LogP contribution in [0.2, 0.25) is 0 Å². The Hall–Kier alpha value is -1.71. The molecule has 0 atom stereocenters. The van der Waals surface area contributed by atoms with Crippen LogP contribution in [0.3, 0.4) is 0 Å². The van der Waals surface area contributed by atoms with Gasteiger partial charge in [0.25, 0.3) is 0 Å². The van der Waals surface area contributed by atoms with Crippen molar-refractivity contribution in [2.24, 2.45) is 10.9 Å². The van der Waals surface area contributed by atoms with Gasteiger partial charge in [0.1, 0.15) is 11.6 Å². The number of oxime groups is 1. The largest absolute Gasteiger partial charge is 0.497 e. The fourth-order valence-electron chi connectivity index (χ4n) is 1.11. The molecule has 0 saturated carbocycles. The van der Waals surface area contributed by atoms with Gasteiger partial charge in [-0.1, -0.05) is 17.3 Å². The van der Waals surface area contributed by atoms with E-state index in [9.17, 15) is 0 Å².